The minimum absolute atomic E-state index is 0.0374. The van der Waals surface area contributed by atoms with Gasteiger partial charge >= 0.3 is 12.3 Å². The molecular weight excluding hydrogens is 604 g/mol. The number of carbonyl (C=O) groups excluding carboxylic acids is 4. The Balaban J connectivity index is 0. The predicted octanol–water partition coefficient (Wildman–Crippen LogP) is 1.40. The van der Waals surface area contributed by atoms with Crippen LogP contribution in [-0.2, 0) is 39.2 Å². The van der Waals surface area contributed by atoms with Gasteiger partial charge < -0.3 is 20.8 Å². The molecule has 0 aromatic heterocycles. The molecule has 0 fully saturated rings. The van der Waals surface area contributed by atoms with Crippen LogP contribution in [0.15, 0.2) is 48.5 Å². The first kappa shape index (κ1) is 41.7. The predicted molar refractivity (Wildman–Crippen MR) is 161 cm³/mol. The average molecular weight is 647 g/mol. The van der Waals surface area contributed by atoms with Crippen LogP contribution < -0.4 is 20.1 Å². The molecule has 0 radical (unpaired) electrons. The quantitative estimate of drug-likeness (QED) is 0.182. The Bertz CT molecular complexity index is 1310. The zero-order valence-electron chi connectivity index (χ0n) is 25.0. The third-order valence-corrected chi connectivity index (χ3v) is 6.90. The van der Waals surface area contributed by atoms with Crippen LogP contribution in [0.5, 0.6) is 0 Å². The van der Waals surface area contributed by atoms with E-state index in [1.165, 1.54) is 0 Å². The molecule has 2 rings (SSSR count). The molecule has 0 aliphatic carbocycles. The van der Waals surface area contributed by atoms with Gasteiger partial charge in [0, 0.05) is 36.5 Å². The maximum Gasteiger partial charge on any atom is 0.373 e. The molecule has 2 unspecified atom stereocenters. The fraction of sp³-hybridized carbons (Fsp3) is 0.481. The van der Waals surface area contributed by atoms with Crippen molar-refractivity contribution in [3.63, 3.8) is 0 Å². The molecule has 0 bridgehead atoms. The smallest absolute Gasteiger partial charge is 0.373 e. The molecular formula is C27H42N4O10S2. The summed E-state index contributed by atoms with van der Waals surface area (Å²) in [6.07, 6.45) is 0.404. The molecule has 0 amide bonds. The van der Waals surface area contributed by atoms with Crippen molar-refractivity contribution in [2.75, 3.05) is 34.5 Å². The SMILES string of the molecule is CC(C)NCC(O)c1ccc(NS(C)(=O)=O)cc1.CCS(=O)(=O)Nc1ccc(C(O)CNC(C)C)cc1.O=C=O.O=C=O. The van der Waals surface area contributed by atoms with Crippen LogP contribution in [0.1, 0.15) is 58.0 Å². The van der Waals surface area contributed by atoms with Gasteiger partial charge in [0.1, 0.15) is 0 Å². The van der Waals surface area contributed by atoms with Gasteiger partial charge in [-0.2, -0.15) is 19.2 Å². The van der Waals surface area contributed by atoms with Crippen LogP contribution in [-0.4, -0.2) is 76.5 Å². The van der Waals surface area contributed by atoms with Crippen molar-refractivity contribution in [2.24, 2.45) is 0 Å². The number of nitrogens with one attached hydrogen (secondary N) is 4. The fourth-order valence-electron chi connectivity index (χ4n) is 2.94. The number of hydrogen-bond donors (Lipinski definition) is 6. The Morgan fingerprint density at radius 1 is 0.651 bits per heavy atom. The van der Waals surface area contributed by atoms with E-state index >= 15 is 0 Å². The molecule has 0 aliphatic rings. The Labute approximate surface area is 253 Å². The van der Waals surface area contributed by atoms with E-state index in [-0.39, 0.29) is 18.1 Å². The van der Waals surface area contributed by atoms with Crippen LogP contribution >= 0.6 is 0 Å². The third-order valence-electron chi connectivity index (χ3n) is 4.99. The third kappa shape index (κ3) is 22.8. The van der Waals surface area contributed by atoms with Crippen LogP contribution in [0.25, 0.3) is 0 Å². The van der Waals surface area contributed by atoms with Gasteiger partial charge in [-0.25, -0.2) is 16.8 Å². The van der Waals surface area contributed by atoms with E-state index in [9.17, 15) is 27.0 Å². The first-order valence-electron chi connectivity index (χ1n) is 12.9. The molecule has 14 nitrogen and oxygen atoms in total. The van der Waals surface area contributed by atoms with E-state index in [4.69, 9.17) is 19.2 Å². The summed E-state index contributed by atoms with van der Waals surface area (Å²) in [7, 11) is -6.51. The summed E-state index contributed by atoms with van der Waals surface area (Å²) < 4.78 is 49.7. The fourth-order valence-corrected chi connectivity index (χ4v) is 4.15. The maximum atomic E-state index is 11.4. The average Bonchev–Trinajstić information content (AvgIpc) is 2.91. The number of benzene rings is 2. The van der Waals surface area contributed by atoms with Crippen molar-refractivity contribution in [3.8, 4) is 0 Å². The zero-order chi connectivity index (χ0) is 33.6. The summed E-state index contributed by atoms with van der Waals surface area (Å²) in [6.45, 7) is 10.6. The van der Waals surface area contributed by atoms with Crippen molar-refractivity contribution in [3.05, 3.63) is 59.7 Å². The molecule has 2 atom stereocenters. The van der Waals surface area contributed by atoms with E-state index in [0.717, 1.165) is 17.4 Å². The lowest BCUT2D eigenvalue weighted by Crippen LogP contribution is -2.27. The number of aliphatic hydroxyl groups excluding tert-OH is 2. The molecule has 43 heavy (non-hydrogen) atoms. The van der Waals surface area contributed by atoms with Crippen molar-refractivity contribution in [1.82, 2.24) is 10.6 Å². The minimum atomic E-state index is -3.26. The van der Waals surface area contributed by atoms with Gasteiger partial charge in [0.2, 0.25) is 20.0 Å². The van der Waals surface area contributed by atoms with Gasteiger partial charge in [-0.05, 0) is 42.3 Å². The van der Waals surface area contributed by atoms with Gasteiger partial charge in [0.15, 0.2) is 0 Å². The highest BCUT2D eigenvalue weighted by atomic mass is 32.2. The molecule has 2 aromatic rings. The van der Waals surface area contributed by atoms with Gasteiger partial charge in [0.05, 0.1) is 24.2 Å². The van der Waals surface area contributed by atoms with Crippen LogP contribution in [0.3, 0.4) is 0 Å². The van der Waals surface area contributed by atoms with Gasteiger partial charge in [-0.15, -0.1) is 0 Å². The summed E-state index contributed by atoms with van der Waals surface area (Å²) in [4.78, 5) is 32.5. The van der Waals surface area contributed by atoms with E-state index in [0.29, 0.717) is 36.5 Å². The Hall–Kier alpha value is -3.46. The number of aliphatic hydroxyl groups is 2. The molecule has 242 valence electrons. The monoisotopic (exact) mass is 646 g/mol. The number of sulfonamides is 2. The molecule has 0 saturated heterocycles. The molecule has 2 aromatic carbocycles. The number of anilines is 2. The molecule has 6 N–H and O–H groups in total. The lowest BCUT2D eigenvalue weighted by molar-refractivity contribution is -0.193. The first-order valence-corrected chi connectivity index (χ1v) is 16.5. The molecule has 0 spiro atoms. The van der Waals surface area contributed by atoms with Crippen molar-refractivity contribution in [2.45, 2.75) is 58.9 Å². The Morgan fingerprint density at radius 3 is 1.21 bits per heavy atom. The molecule has 0 saturated carbocycles. The van der Waals surface area contributed by atoms with Crippen LogP contribution in [0.4, 0.5) is 11.4 Å². The highest BCUT2D eigenvalue weighted by Crippen LogP contribution is 2.18. The van der Waals surface area contributed by atoms with Gasteiger partial charge in [0.25, 0.3) is 0 Å². The number of hydrogen-bond acceptors (Lipinski definition) is 12. The summed E-state index contributed by atoms with van der Waals surface area (Å²) in [5, 5.41) is 26.1. The highest BCUT2D eigenvalue weighted by Gasteiger charge is 2.11. The maximum absolute atomic E-state index is 11.4. The zero-order valence-corrected chi connectivity index (χ0v) is 26.7. The molecule has 16 heteroatoms. The minimum Gasteiger partial charge on any atom is -0.387 e. The second-order valence-corrected chi connectivity index (χ2v) is 13.2. The lowest BCUT2D eigenvalue weighted by atomic mass is 10.1. The summed E-state index contributed by atoms with van der Waals surface area (Å²) in [5.74, 6) is 0.0374. The summed E-state index contributed by atoms with van der Waals surface area (Å²) >= 11 is 0. The largest absolute Gasteiger partial charge is 0.387 e. The molecule has 0 heterocycles. The van der Waals surface area contributed by atoms with Crippen LogP contribution in [0.2, 0.25) is 0 Å². The van der Waals surface area contributed by atoms with E-state index in [1.54, 1.807) is 55.5 Å². The van der Waals surface area contributed by atoms with Crippen LogP contribution in [0, 0.1) is 0 Å². The lowest BCUT2D eigenvalue weighted by Gasteiger charge is -2.15. The highest BCUT2D eigenvalue weighted by molar-refractivity contribution is 7.92. The molecule has 0 aliphatic heterocycles. The summed E-state index contributed by atoms with van der Waals surface area (Å²) in [6, 6.07) is 14.1. The standard InChI is InChI=1S/C13H22N2O3S.C12H20N2O3S.2CO2/c1-4-19(17,18)15-12-7-5-11(6-8-12)13(16)9-14-10(2)3;1-9(2)13-8-12(15)10-4-6-11(7-5-10)14-18(3,16)17;2*2-1-3/h5-8,10,13-16H,4,9H2,1-3H3;4-7,9,12-15H,8H2,1-3H3;;. The van der Waals surface area contributed by atoms with E-state index in [2.05, 4.69) is 20.1 Å². The van der Waals surface area contributed by atoms with Crippen molar-refractivity contribution >= 4 is 43.7 Å². The van der Waals surface area contributed by atoms with E-state index in [1.807, 2.05) is 27.7 Å². The normalized spacial score (nSPS) is 12.0. The second-order valence-electron chi connectivity index (χ2n) is 9.45. The first-order chi connectivity index (χ1) is 19.9. The summed E-state index contributed by atoms with van der Waals surface area (Å²) in [5.41, 5.74) is 2.51. The number of rotatable bonds is 13. The van der Waals surface area contributed by atoms with Crippen molar-refractivity contribution < 1.29 is 46.2 Å². The topological polar surface area (TPSA) is 225 Å². The Morgan fingerprint density at radius 2 is 0.953 bits per heavy atom. The van der Waals surface area contributed by atoms with Crippen molar-refractivity contribution in [1.29, 1.82) is 0 Å². The van der Waals surface area contributed by atoms with Gasteiger partial charge in [-0.1, -0.05) is 52.0 Å². The second kappa shape index (κ2) is 22.1. The van der Waals surface area contributed by atoms with Gasteiger partial charge in [-0.3, -0.25) is 9.44 Å². The van der Waals surface area contributed by atoms with E-state index < -0.39 is 32.3 Å². The Kier molecular flexibility index (Phi) is 21.4.